The zero-order valence-electron chi connectivity index (χ0n) is 6.56. The molecule has 0 spiro atoms. The van der Waals surface area contributed by atoms with Crippen LogP contribution in [-0.4, -0.2) is 43.0 Å². The van der Waals surface area contributed by atoms with E-state index in [-0.39, 0.29) is 6.33 Å². The zero-order valence-corrected chi connectivity index (χ0v) is 6.56. The molecule has 1 aliphatic rings. The molecule has 0 radical (unpaired) electrons. The lowest BCUT2D eigenvalue weighted by Gasteiger charge is -2.31. The molecule has 1 rings (SSSR count). The first-order valence-corrected chi connectivity index (χ1v) is 3.63. The molecule has 0 N–H and O–H groups in total. The number of hydrogen-bond acceptors (Lipinski definition) is 2. The van der Waals surface area contributed by atoms with Crippen molar-refractivity contribution < 1.29 is 8.78 Å². The molecule has 0 bridgehead atoms. The highest BCUT2D eigenvalue weighted by Gasteiger charge is 2.15. The van der Waals surface area contributed by atoms with Crippen LogP contribution in [0.1, 0.15) is 0 Å². The third-order valence-corrected chi connectivity index (χ3v) is 1.90. The van der Waals surface area contributed by atoms with Gasteiger partial charge in [-0.1, -0.05) is 0 Å². The van der Waals surface area contributed by atoms with Crippen LogP contribution in [0.2, 0.25) is 0 Å². The van der Waals surface area contributed by atoms with Gasteiger partial charge in [-0.25, -0.2) is 4.39 Å². The molecule has 64 valence electrons. The first-order valence-electron chi connectivity index (χ1n) is 3.63. The second-order valence-corrected chi connectivity index (χ2v) is 2.72. The molecule has 1 fully saturated rings. The van der Waals surface area contributed by atoms with Gasteiger partial charge in [-0.3, -0.25) is 0 Å². The van der Waals surface area contributed by atoms with Gasteiger partial charge >= 0.3 is 0 Å². The molecule has 0 aromatic rings. The summed E-state index contributed by atoms with van der Waals surface area (Å²) in [6, 6.07) is 0. The van der Waals surface area contributed by atoms with Gasteiger partial charge < -0.3 is 9.80 Å². The van der Waals surface area contributed by atoms with Crippen molar-refractivity contribution in [3.63, 3.8) is 0 Å². The van der Waals surface area contributed by atoms with Crippen LogP contribution in [-0.2, 0) is 0 Å². The molecule has 4 heteroatoms. The zero-order chi connectivity index (χ0) is 8.27. The first-order chi connectivity index (χ1) is 5.24. The summed E-state index contributed by atoms with van der Waals surface area (Å²) in [4.78, 5) is 3.49. The van der Waals surface area contributed by atoms with Crippen LogP contribution in [0, 0.1) is 0 Å². The van der Waals surface area contributed by atoms with Gasteiger partial charge in [-0.2, -0.15) is 4.39 Å². The number of nitrogens with zero attached hydrogens (tertiary/aromatic N) is 2. The van der Waals surface area contributed by atoms with Crippen molar-refractivity contribution in [1.82, 2.24) is 9.80 Å². The minimum atomic E-state index is -0.752. The Labute approximate surface area is 65.1 Å². The highest BCUT2D eigenvalue weighted by molar-refractivity contribution is 4.88. The van der Waals surface area contributed by atoms with Gasteiger partial charge in [0, 0.05) is 26.2 Å². The van der Waals surface area contributed by atoms with Crippen molar-refractivity contribution in [2.75, 3.05) is 33.2 Å². The Balaban J connectivity index is 2.39. The second-order valence-electron chi connectivity index (χ2n) is 2.72. The Morgan fingerprint density at radius 3 is 2.27 bits per heavy atom. The SMILES string of the molecule is CN1CCN(/C(F)=C\F)CC1. The molecule has 0 saturated carbocycles. The second kappa shape index (κ2) is 3.67. The van der Waals surface area contributed by atoms with Crippen molar-refractivity contribution in [1.29, 1.82) is 0 Å². The lowest BCUT2D eigenvalue weighted by Crippen LogP contribution is -2.43. The van der Waals surface area contributed by atoms with E-state index in [0.29, 0.717) is 13.1 Å². The molecule has 0 aromatic carbocycles. The topological polar surface area (TPSA) is 6.48 Å². The van der Waals surface area contributed by atoms with Crippen molar-refractivity contribution in [3.8, 4) is 0 Å². The molecule has 1 aliphatic heterocycles. The molecule has 0 atom stereocenters. The smallest absolute Gasteiger partial charge is 0.218 e. The quantitative estimate of drug-likeness (QED) is 0.530. The fourth-order valence-corrected chi connectivity index (χ4v) is 1.09. The average Bonchev–Trinajstić information content (AvgIpc) is 2.05. The summed E-state index contributed by atoms with van der Waals surface area (Å²) in [5.41, 5.74) is 0. The maximum absolute atomic E-state index is 12.5. The monoisotopic (exact) mass is 162 g/mol. The standard InChI is InChI=1S/C7H12F2N2/c1-10-2-4-11(5-3-10)7(9)6-8/h6H,2-5H2,1H3/b7-6-. The molecular weight excluding hydrogens is 150 g/mol. The molecule has 1 heterocycles. The third-order valence-electron chi connectivity index (χ3n) is 1.90. The Bertz CT molecular complexity index is 151. The molecule has 0 aliphatic carbocycles. The number of halogens is 2. The van der Waals surface area contributed by atoms with Crippen LogP contribution in [0.3, 0.4) is 0 Å². The fraction of sp³-hybridized carbons (Fsp3) is 0.714. The van der Waals surface area contributed by atoms with E-state index >= 15 is 0 Å². The lowest BCUT2D eigenvalue weighted by molar-refractivity contribution is 0.155. The molecule has 0 amide bonds. The lowest BCUT2D eigenvalue weighted by atomic mass is 10.3. The summed E-state index contributed by atoms with van der Waals surface area (Å²) in [5.74, 6) is -0.752. The van der Waals surface area contributed by atoms with Gasteiger partial charge in [0.1, 0.15) is 6.33 Å². The Hall–Kier alpha value is -0.640. The molecule has 2 nitrogen and oxygen atoms in total. The number of rotatable bonds is 1. The fourth-order valence-electron chi connectivity index (χ4n) is 1.09. The van der Waals surface area contributed by atoms with Gasteiger partial charge in [0.25, 0.3) is 0 Å². The highest BCUT2D eigenvalue weighted by Crippen LogP contribution is 2.09. The summed E-state index contributed by atoms with van der Waals surface area (Å²) in [6.07, 6.45) is 0.0192. The van der Waals surface area contributed by atoms with Gasteiger partial charge in [-0.05, 0) is 7.05 Å². The minimum absolute atomic E-state index is 0.0192. The van der Waals surface area contributed by atoms with Crippen LogP contribution < -0.4 is 0 Å². The van der Waals surface area contributed by atoms with E-state index in [2.05, 4.69) is 4.90 Å². The number of piperazine rings is 1. The van der Waals surface area contributed by atoms with E-state index in [9.17, 15) is 8.78 Å². The van der Waals surface area contributed by atoms with E-state index < -0.39 is 5.95 Å². The van der Waals surface area contributed by atoms with E-state index in [1.54, 1.807) is 0 Å². The van der Waals surface area contributed by atoms with Gasteiger partial charge in [-0.15, -0.1) is 0 Å². The summed E-state index contributed by atoms with van der Waals surface area (Å²) in [5, 5.41) is 0. The van der Waals surface area contributed by atoms with Gasteiger partial charge in [0.05, 0.1) is 0 Å². The average molecular weight is 162 g/mol. The summed E-state index contributed by atoms with van der Waals surface area (Å²) < 4.78 is 24.2. The van der Waals surface area contributed by atoms with Crippen LogP contribution in [0.4, 0.5) is 8.78 Å². The first kappa shape index (κ1) is 8.46. The highest BCUT2D eigenvalue weighted by atomic mass is 19.2. The Kier molecular flexibility index (Phi) is 2.82. The summed E-state index contributed by atoms with van der Waals surface area (Å²) in [6.45, 7) is 2.73. The van der Waals surface area contributed by atoms with Crippen molar-refractivity contribution >= 4 is 0 Å². The van der Waals surface area contributed by atoms with E-state index in [4.69, 9.17) is 0 Å². The van der Waals surface area contributed by atoms with Crippen molar-refractivity contribution in [2.24, 2.45) is 0 Å². The maximum Gasteiger partial charge on any atom is 0.218 e. The summed E-state index contributed by atoms with van der Waals surface area (Å²) >= 11 is 0. The summed E-state index contributed by atoms with van der Waals surface area (Å²) in [7, 11) is 1.97. The van der Waals surface area contributed by atoms with Crippen LogP contribution in [0.15, 0.2) is 12.3 Å². The number of likely N-dealkylation sites (N-methyl/N-ethyl adjacent to an activating group) is 1. The largest absolute Gasteiger partial charge is 0.344 e. The Morgan fingerprint density at radius 1 is 1.27 bits per heavy atom. The minimum Gasteiger partial charge on any atom is -0.344 e. The maximum atomic E-state index is 12.5. The molecule has 0 unspecified atom stereocenters. The normalized spacial score (nSPS) is 22.5. The predicted octanol–water partition coefficient (Wildman–Crippen LogP) is 0.972. The predicted molar refractivity (Wildman–Crippen MR) is 39.4 cm³/mol. The number of hydrogen-bond donors (Lipinski definition) is 0. The molecule has 0 aromatic heterocycles. The van der Waals surface area contributed by atoms with E-state index in [1.165, 1.54) is 4.90 Å². The third kappa shape index (κ3) is 2.15. The molecule has 11 heavy (non-hydrogen) atoms. The van der Waals surface area contributed by atoms with Crippen molar-refractivity contribution in [2.45, 2.75) is 0 Å². The van der Waals surface area contributed by atoms with E-state index in [0.717, 1.165) is 13.1 Å². The van der Waals surface area contributed by atoms with Crippen LogP contribution >= 0.6 is 0 Å². The molecule has 1 saturated heterocycles. The van der Waals surface area contributed by atoms with Gasteiger partial charge in [0.15, 0.2) is 0 Å². The van der Waals surface area contributed by atoms with Crippen molar-refractivity contribution in [3.05, 3.63) is 12.3 Å². The van der Waals surface area contributed by atoms with E-state index in [1.807, 2.05) is 7.05 Å². The van der Waals surface area contributed by atoms with Gasteiger partial charge in [0.2, 0.25) is 5.95 Å². The van der Waals surface area contributed by atoms with Crippen LogP contribution in [0.5, 0.6) is 0 Å². The van der Waals surface area contributed by atoms with Crippen LogP contribution in [0.25, 0.3) is 0 Å². The Morgan fingerprint density at radius 2 is 1.82 bits per heavy atom. The molecular formula is C7H12F2N2.